The van der Waals surface area contributed by atoms with Gasteiger partial charge in [0.2, 0.25) is 0 Å². The van der Waals surface area contributed by atoms with Crippen LogP contribution in [-0.4, -0.2) is 21.5 Å². The van der Waals surface area contributed by atoms with Gasteiger partial charge in [0, 0.05) is 13.0 Å². The van der Waals surface area contributed by atoms with E-state index in [0.29, 0.717) is 5.92 Å². The van der Waals surface area contributed by atoms with Crippen LogP contribution >= 0.6 is 0 Å². The fraction of sp³-hybridized carbons (Fsp3) is 0.778. The van der Waals surface area contributed by atoms with E-state index in [1.807, 2.05) is 11.7 Å². The standard InChI is InChI=1S/C9H16N4/c1-13-8-4-2-3-7(5-6-10)9(8)11-12-13/h7H,2-6,10H2,1H3. The molecule has 4 heteroatoms. The molecule has 0 bridgehead atoms. The molecule has 72 valence electrons. The van der Waals surface area contributed by atoms with E-state index in [1.165, 1.54) is 24.2 Å². The van der Waals surface area contributed by atoms with Crippen LogP contribution in [0.25, 0.3) is 0 Å². The topological polar surface area (TPSA) is 56.7 Å². The zero-order valence-corrected chi connectivity index (χ0v) is 8.03. The molecule has 0 aromatic carbocycles. The van der Waals surface area contributed by atoms with E-state index in [2.05, 4.69) is 10.3 Å². The number of hydrogen-bond acceptors (Lipinski definition) is 3. The van der Waals surface area contributed by atoms with Gasteiger partial charge in [0.05, 0.1) is 11.4 Å². The first kappa shape index (κ1) is 8.69. The number of nitrogens with two attached hydrogens (primary N) is 1. The lowest BCUT2D eigenvalue weighted by Crippen LogP contribution is -2.15. The third kappa shape index (κ3) is 1.46. The summed E-state index contributed by atoms with van der Waals surface area (Å²) in [6.07, 6.45) is 4.65. The molecule has 2 N–H and O–H groups in total. The van der Waals surface area contributed by atoms with Crippen molar-refractivity contribution >= 4 is 0 Å². The van der Waals surface area contributed by atoms with Crippen molar-refractivity contribution in [2.75, 3.05) is 6.54 Å². The molecule has 0 saturated carbocycles. The van der Waals surface area contributed by atoms with Crippen molar-refractivity contribution in [3.05, 3.63) is 11.4 Å². The third-order valence-electron chi connectivity index (χ3n) is 2.84. The summed E-state index contributed by atoms with van der Waals surface area (Å²) in [6.45, 7) is 0.751. The number of rotatable bonds is 2. The highest BCUT2D eigenvalue weighted by molar-refractivity contribution is 5.18. The Bertz CT molecular complexity index is 292. The van der Waals surface area contributed by atoms with E-state index < -0.39 is 0 Å². The molecule has 0 aliphatic heterocycles. The van der Waals surface area contributed by atoms with Gasteiger partial charge in [-0.05, 0) is 32.2 Å². The minimum Gasteiger partial charge on any atom is -0.330 e. The van der Waals surface area contributed by atoms with E-state index in [-0.39, 0.29) is 0 Å². The Morgan fingerprint density at radius 1 is 1.62 bits per heavy atom. The fourth-order valence-electron chi connectivity index (χ4n) is 2.13. The SMILES string of the molecule is Cn1nnc2c1CCCC2CCN. The molecule has 1 aromatic rings. The molecule has 0 amide bonds. The van der Waals surface area contributed by atoms with Crippen LogP contribution in [0.5, 0.6) is 0 Å². The highest BCUT2D eigenvalue weighted by atomic mass is 15.4. The van der Waals surface area contributed by atoms with Crippen LogP contribution in [-0.2, 0) is 13.5 Å². The zero-order valence-electron chi connectivity index (χ0n) is 8.03. The Labute approximate surface area is 78.1 Å². The van der Waals surface area contributed by atoms with Crippen LogP contribution < -0.4 is 5.73 Å². The first-order valence-corrected chi connectivity index (χ1v) is 4.91. The Kier molecular flexibility index (Phi) is 2.31. The minimum atomic E-state index is 0.558. The van der Waals surface area contributed by atoms with Gasteiger partial charge in [-0.3, -0.25) is 4.68 Å². The van der Waals surface area contributed by atoms with E-state index in [4.69, 9.17) is 5.73 Å². The van der Waals surface area contributed by atoms with Gasteiger partial charge in [0.1, 0.15) is 0 Å². The summed E-state index contributed by atoms with van der Waals surface area (Å²) in [6, 6.07) is 0. The molecule has 1 aromatic heterocycles. The molecule has 0 spiro atoms. The Morgan fingerprint density at radius 3 is 3.23 bits per heavy atom. The van der Waals surface area contributed by atoms with Crippen LogP contribution in [0.15, 0.2) is 0 Å². The number of nitrogens with zero attached hydrogens (tertiary/aromatic N) is 3. The summed E-state index contributed by atoms with van der Waals surface area (Å²) in [5.41, 5.74) is 8.07. The minimum absolute atomic E-state index is 0.558. The fourth-order valence-corrected chi connectivity index (χ4v) is 2.13. The Balaban J connectivity index is 2.27. The van der Waals surface area contributed by atoms with Crippen molar-refractivity contribution in [3.8, 4) is 0 Å². The smallest absolute Gasteiger partial charge is 0.0890 e. The summed E-state index contributed by atoms with van der Waals surface area (Å²) in [4.78, 5) is 0. The molecule has 1 aliphatic rings. The summed E-state index contributed by atoms with van der Waals surface area (Å²) >= 11 is 0. The maximum absolute atomic E-state index is 5.57. The molecule has 13 heavy (non-hydrogen) atoms. The van der Waals surface area contributed by atoms with Crippen LogP contribution in [0.1, 0.15) is 36.6 Å². The van der Waals surface area contributed by atoms with Crippen LogP contribution in [0.3, 0.4) is 0 Å². The van der Waals surface area contributed by atoms with Gasteiger partial charge in [0.25, 0.3) is 0 Å². The van der Waals surface area contributed by atoms with Crippen molar-refractivity contribution in [1.29, 1.82) is 0 Å². The van der Waals surface area contributed by atoms with Gasteiger partial charge in [-0.1, -0.05) is 5.21 Å². The highest BCUT2D eigenvalue weighted by Crippen LogP contribution is 2.31. The predicted octanol–water partition coefficient (Wildman–Crippen LogP) is 0.584. The average molecular weight is 180 g/mol. The molecule has 1 aliphatic carbocycles. The lowest BCUT2D eigenvalue weighted by molar-refractivity contribution is 0.506. The largest absolute Gasteiger partial charge is 0.330 e. The first-order chi connectivity index (χ1) is 6.33. The predicted molar refractivity (Wildman–Crippen MR) is 50.4 cm³/mol. The van der Waals surface area contributed by atoms with Gasteiger partial charge < -0.3 is 5.73 Å². The van der Waals surface area contributed by atoms with E-state index in [0.717, 1.165) is 19.4 Å². The van der Waals surface area contributed by atoms with Crippen molar-refractivity contribution in [1.82, 2.24) is 15.0 Å². The van der Waals surface area contributed by atoms with E-state index in [1.54, 1.807) is 0 Å². The number of aryl methyl sites for hydroxylation is 1. The van der Waals surface area contributed by atoms with Crippen molar-refractivity contribution in [2.45, 2.75) is 31.6 Å². The van der Waals surface area contributed by atoms with Gasteiger partial charge in [-0.2, -0.15) is 0 Å². The lowest BCUT2D eigenvalue weighted by Gasteiger charge is -2.20. The molecule has 1 unspecified atom stereocenters. The second-order valence-corrected chi connectivity index (χ2v) is 3.71. The van der Waals surface area contributed by atoms with Gasteiger partial charge in [-0.25, -0.2) is 0 Å². The molecular formula is C9H16N4. The molecule has 0 radical (unpaired) electrons. The van der Waals surface area contributed by atoms with E-state index in [9.17, 15) is 0 Å². The summed E-state index contributed by atoms with van der Waals surface area (Å²) < 4.78 is 1.90. The highest BCUT2D eigenvalue weighted by Gasteiger charge is 2.24. The van der Waals surface area contributed by atoms with E-state index >= 15 is 0 Å². The van der Waals surface area contributed by atoms with Gasteiger partial charge in [0.15, 0.2) is 0 Å². The average Bonchev–Trinajstić information content (AvgIpc) is 2.50. The normalized spacial score (nSPS) is 21.5. The number of hydrogen-bond donors (Lipinski definition) is 1. The maximum Gasteiger partial charge on any atom is 0.0890 e. The Hall–Kier alpha value is -0.900. The number of fused-ring (bicyclic) bond motifs is 1. The molecule has 4 nitrogen and oxygen atoms in total. The zero-order chi connectivity index (χ0) is 9.26. The lowest BCUT2D eigenvalue weighted by atomic mass is 9.87. The van der Waals surface area contributed by atoms with Crippen molar-refractivity contribution in [3.63, 3.8) is 0 Å². The number of aromatic nitrogens is 3. The summed E-state index contributed by atoms with van der Waals surface area (Å²) in [5.74, 6) is 0.558. The first-order valence-electron chi connectivity index (χ1n) is 4.91. The molecule has 0 fully saturated rings. The molecule has 0 saturated heterocycles. The van der Waals surface area contributed by atoms with Crippen molar-refractivity contribution in [2.24, 2.45) is 12.8 Å². The van der Waals surface area contributed by atoms with Crippen LogP contribution in [0.2, 0.25) is 0 Å². The molecule has 1 heterocycles. The van der Waals surface area contributed by atoms with Crippen LogP contribution in [0.4, 0.5) is 0 Å². The molecular weight excluding hydrogens is 164 g/mol. The Morgan fingerprint density at radius 2 is 2.46 bits per heavy atom. The third-order valence-corrected chi connectivity index (χ3v) is 2.84. The summed E-state index contributed by atoms with van der Waals surface area (Å²) in [7, 11) is 1.97. The van der Waals surface area contributed by atoms with Crippen LogP contribution in [0, 0.1) is 0 Å². The second kappa shape index (κ2) is 3.46. The van der Waals surface area contributed by atoms with Gasteiger partial charge >= 0.3 is 0 Å². The van der Waals surface area contributed by atoms with Gasteiger partial charge in [-0.15, -0.1) is 5.10 Å². The van der Waals surface area contributed by atoms with Crippen molar-refractivity contribution < 1.29 is 0 Å². The molecule has 1 atom stereocenters. The second-order valence-electron chi connectivity index (χ2n) is 3.71. The maximum atomic E-state index is 5.57. The molecule has 2 rings (SSSR count). The summed E-state index contributed by atoms with van der Waals surface area (Å²) in [5, 5.41) is 8.27. The monoisotopic (exact) mass is 180 g/mol. The quantitative estimate of drug-likeness (QED) is 0.724.